The van der Waals surface area contributed by atoms with Crippen LogP contribution in [0, 0.1) is 0 Å². The normalized spacial score (nSPS) is 13.5. The smallest absolute Gasteiger partial charge is 0.244 e. The van der Waals surface area contributed by atoms with Crippen LogP contribution in [0.1, 0.15) is 5.56 Å². The van der Waals surface area contributed by atoms with Crippen molar-refractivity contribution in [3.8, 4) is 0 Å². The molecule has 0 aliphatic carbocycles. The maximum absolute atomic E-state index is 12.6. The van der Waals surface area contributed by atoms with Crippen LogP contribution in [-0.4, -0.2) is 29.0 Å². The number of anilines is 3. The van der Waals surface area contributed by atoms with E-state index in [1.165, 1.54) is 11.8 Å². The molecule has 6 heteroatoms. The summed E-state index contributed by atoms with van der Waals surface area (Å²) in [5, 5.41) is 8.12. The lowest BCUT2D eigenvalue weighted by Gasteiger charge is -2.28. The Morgan fingerprint density at radius 1 is 0.833 bits per heavy atom. The summed E-state index contributed by atoms with van der Waals surface area (Å²) in [6, 6.07) is 27.0. The van der Waals surface area contributed by atoms with Crippen LogP contribution in [0.4, 0.5) is 17.1 Å². The van der Waals surface area contributed by atoms with Crippen molar-refractivity contribution in [3.63, 3.8) is 0 Å². The lowest BCUT2D eigenvalue weighted by molar-refractivity contribution is -0.129. The summed E-state index contributed by atoms with van der Waals surface area (Å²) in [5.74, 6) is 0.0310. The van der Waals surface area contributed by atoms with Gasteiger partial charge >= 0.3 is 0 Å². The molecule has 3 aromatic carbocycles. The van der Waals surface area contributed by atoms with Gasteiger partial charge in [-0.25, -0.2) is 0 Å². The Hall–Kier alpha value is -3.51. The highest BCUT2D eigenvalue weighted by atomic mass is 32.2. The van der Waals surface area contributed by atoms with E-state index in [0.717, 1.165) is 22.6 Å². The third kappa shape index (κ3) is 4.90. The first-order valence-electron chi connectivity index (χ1n) is 9.58. The predicted octanol–water partition coefficient (Wildman–Crippen LogP) is 4.94. The number of nitrogens with zero attached hydrogens (tertiary/aromatic N) is 1. The number of thioether (sulfide) groups is 1. The van der Waals surface area contributed by atoms with Crippen molar-refractivity contribution in [2.45, 2.75) is 0 Å². The van der Waals surface area contributed by atoms with Crippen molar-refractivity contribution in [1.29, 1.82) is 0 Å². The van der Waals surface area contributed by atoms with Gasteiger partial charge in [-0.15, -0.1) is 11.8 Å². The molecule has 5 nitrogen and oxygen atoms in total. The Balaban J connectivity index is 1.40. The van der Waals surface area contributed by atoms with E-state index >= 15 is 0 Å². The molecule has 0 spiro atoms. The minimum Gasteiger partial charge on any atom is -0.356 e. The lowest BCUT2D eigenvalue weighted by atomic mass is 10.1. The van der Waals surface area contributed by atoms with E-state index in [1.54, 1.807) is 4.90 Å². The summed E-state index contributed by atoms with van der Waals surface area (Å²) in [7, 11) is 0. The third-order valence-corrected chi connectivity index (χ3v) is 5.40. The molecule has 1 heterocycles. The molecule has 3 aromatic rings. The fourth-order valence-corrected chi connectivity index (χ4v) is 3.95. The molecule has 2 N–H and O–H groups in total. The molecule has 2 amide bonds. The molecular weight excluding hydrogens is 394 g/mol. The molecule has 0 radical (unpaired) electrons. The van der Waals surface area contributed by atoms with Crippen molar-refractivity contribution in [2.24, 2.45) is 0 Å². The maximum atomic E-state index is 12.6. The second kappa shape index (κ2) is 9.33. The summed E-state index contributed by atoms with van der Waals surface area (Å²) in [4.78, 5) is 26.6. The highest BCUT2D eigenvalue weighted by molar-refractivity contribution is 8.03. The van der Waals surface area contributed by atoms with Gasteiger partial charge in [0.2, 0.25) is 11.8 Å². The quantitative estimate of drug-likeness (QED) is 0.598. The van der Waals surface area contributed by atoms with Crippen LogP contribution in [0.25, 0.3) is 5.70 Å². The number of carbonyl (C=O) groups is 2. The molecule has 0 saturated heterocycles. The number of nitrogens with one attached hydrogen (secondary N) is 2. The van der Waals surface area contributed by atoms with Gasteiger partial charge in [0, 0.05) is 17.1 Å². The van der Waals surface area contributed by atoms with Crippen LogP contribution < -0.4 is 10.6 Å². The first kappa shape index (κ1) is 19.8. The number of hydrogen-bond acceptors (Lipinski definition) is 4. The molecule has 0 atom stereocenters. The van der Waals surface area contributed by atoms with Gasteiger partial charge in [0.25, 0.3) is 0 Å². The van der Waals surface area contributed by atoms with Crippen LogP contribution in [0.5, 0.6) is 0 Å². The second-order valence-electron chi connectivity index (χ2n) is 6.78. The number of rotatable bonds is 6. The topological polar surface area (TPSA) is 61.4 Å². The van der Waals surface area contributed by atoms with Crippen LogP contribution >= 0.6 is 11.8 Å². The number of carbonyl (C=O) groups excluding carboxylic acids is 2. The molecule has 0 saturated carbocycles. The number of para-hydroxylation sites is 1. The Kier molecular flexibility index (Phi) is 6.15. The largest absolute Gasteiger partial charge is 0.356 e. The monoisotopic (exact) mass is 415 g/mol. The van der Waals surface area contributed by atoms with Gasteiger partial charge in [0.05, 0.1) is 11.4 Å². The summed E-state index contributed by atoms with van der Waals surface area (Å²) in [6.45, 7) is -0.0237. The maximum Gasteiger partial charge on any atom is 0.244 e. The van der Waals surface area contributed by atoms with Gasteiger partial charge in [-0.2, -0.15) is 0 Å². The summed E-state index contributed by atoms with van der Waals surface area (Å²) >= 11 is 1.45. The number of amides is 2. The molecule has 0 unspecified atom stereocenters. The summed E-state index contributed by atoms with van der Waals surface area (Å²) in [6.07, 6.45) is 0. The average Bonchev–Trinajstić information content (AvgIpc) is 2.78. The minimum atomic E-state index is -0.235. The van der Waals surface area contributed by atoms with Crippen molar-refractivity contribution in [1.82, 2.24) is 4.90 Å². The SMILES string of the molecule is O=C(CN1C(=O)CSC=C1c1ccccc1)Nc1ccc(Nc2ccccc2)cc1. The molecular formula is C24H21N3O2S. The Morgan fingerprint density at radius 3 is 2.13 bits per heavy atom. The average molecular weight is 416 g/mol. The van der Waals surface area contributed by atoms with Crippen molar-refractivity contribution in [3.05, 3.63) is 95.9 Å². The Labute approximate surface area is 179 Å². The molecule has 150 valence electrons. The van der Waals surface area contributed by atoms with E-state index in [2.05, 4.69) is 10.6 Å². The number of benzene rings is 3. The molecule has 30 heavy (non-hydrogen) atoms. The van der Waals surface area contributed by atoms with E-state index in [-0.39, 0.29) is 18.4 Å². The molecule has 0 bridgehead atoms. The molecule has 1 aliphatic rings. The van der Waals surface area contributed by atoms with Crippen LogP contribution in [0.15, 0.2) is 90.3 Å². The van der Waals surface area contributed by atoms with Crippen LogP contribution in [0.2, 0.25) is 0 Å². The predicted molar refractivity (Wildman–Crippen MR) is 123 cm³/mol. The lowest BCUT2D eigenvalue weighted by Crippen LogP contribution is -2.39. The van der Waals surface area contributed by atoms with Gasteiger partial charge in [0.15, 0.2) is 0 Å². The third-order valence-electron chi connectivity index (χ3n) is 4.60. The zero-order chi connectivity index (χ0) is 20.8. The first-order valence-corrected chi connectivity index (χ1v) is 10.6. The van der Waals surface area contributed by atoms with Crippen LogP contribution in [-0.2, 0) is 9.59 Å². The fraction of sp³-hybridized carbons (Fsp3) is 0.0833. The summed E-state index contributed by atoms with van der Waals surface area (Å²) in [5.41, 5.74) is 4.28. The Morgan fingerprint density at radius 2 is 1.43 bits per heavy atom. The van der Waals surface area contributed by atoms with Crippen molar-refractivity contribution in [2.75, 3.05) is 22.9 Å². The minimum absolute atomic E-state index is 0.0237. The molecule has 4 rings (SSSR count). The Bertz CT molecular complexity index is 1050. The molecule has 1 aliphatic heterocycles. The molecule has 0 fully saturated rings. The van der Waals surface area contributed by atoms with Gasteiger partial charge in [-0.1, -0.05) is 48.5 Å². The van der Waals surface area contributed by atoms with Gasteiger partial charge in [-0.05, 0) is 47.4 Å². The van der Waals surface area contributed by atoms with E-state index < -0.39 is 0 Å². The van der Waals surface area contributed by atoms with Gasteiger partial charge in [0.1, 0.15) is 6.54 Å². The standard InChI is InChI=1S/C24H21N3O2S/c28-23(15-27-22(16-30-17-24(27)29)18-7-3-1-4-8-18)26-21-13-11-20(12-14-21)25-19-9-5-2-6-10-19/h1-14,16,25H,15,17H2,(H,26,28). The highest BCUT2D eigenvalue weighted by Crippen LogP contribution is 2.28. The zero-order valence-electron chi connectivity index (χ0n) is 16.2. The van der Waals surface area contributed by atoms with E-state index in [9.17, 15) is 9.59 Å². The van der Waals surface area contributed by atoms with E-state index in [4.69, 9.17) is 0 Å². The zero-order valence-corrected chi connectivity index (χ0v) is 17.1. The fourth-order valence-electron chi connectivity index (χ4n) is 3.14. The van der Waals surface area contributed by atoms with Crippen molar-refractivity contribution >= 4 is 46.3 Å². The van der Waals surface area contributed by atoms with E-state index in [0.29, 0.717) is 11.4 Å². The second-order valence-corrected chi connectivity index (χ2v) is 7.63. The molecule has 0 aromatic heterocycles. The van der Waals surface area contributed by atoms with Crippen LogP contribution in [0.3, 0.4) is 0 Å². The van der Waals surface area contributed by atoms with Gasteiger partial charge < -0.3 is 15.5 Å². The first-order chi connectivity index (χ1) is 14.7. The van der Waals surface area contributed by atoms with Crippen molar-refractivity contribution < 1.29 is 9.59 Å². The van der Waals surface area contributed by atoms with Gasteiger partial charge in [-0.3, -0.25) is 9.59 Å². The summed E-state index contributed by atoms with van der Waals surface area (Å²) < 4.78 is 0. The van der Waals surface area contributed by atoms with E-state index in [1.807, 2.05) is 90.3 Å². The number of hydrogen-bond donors (Lipinski definition) is 2. The highest BCUT2D eigenvalue weighted by Gasteiger charge is 2.25.